The van der Waals surface area contributed by atoms with Gasteiger partial charge in [0.25, 0.3) is 5.91 Å². The SMILES string of the molecule is CC(=O)C(C)=O.CCC(C)=O.CNC(=O)C(C)=O.COC(C)=O. The summed E-state index contributed by atoms with van der Waals surface area (Å²) >= 11 is 0. The van der Waals surface area contributed by atoms with Crippen molar-refractivity contribution < 1.29 is 33.5 Å². The summed E-state index contributed by atoms with van der Waals surface area (Å²) in [4.78, 5) is 59.0. The zero-order chi connectivity index (χ0) is 19.6. The molecule has 0 saturated heterocycles. The number of methoxy groups -OCH3 is 1. The van der Waals surface area contributed by atoms with Crippen molar-refractivity contribution in [3.63, 3.8) is 0 Å². The van der Waals surface area contributed by atoms with Crippen molar-refractivity contribution >= 4 is 35.0 Å². The molecule has 0 atom stereocenters. The number of likely N-dealkylation sites (N-methyl/N-ethyl adjacent to an activating group) is 1. The molecule has 8 heteroatoms. The molecule has 0 aliphatic carbocycles. The molecule has 0 aromatic carbocycles. The minimum atomic E-state index is -0.542. The van der Waals surface area contributed by atoms with Gasteiger partial charge in [-0.05, 0) is 6.92 Å². The maximum atomic E-state index is 10.1. The summed E-state index contributed by atoms with van der Waals surface area (Å²) in [5.74, 6) is -1.75. The standard InChI is InChI=1S/C4H7NO2.C4H6O2.C4H8O.C3H6O2/c1-3(6)4(7)5-2;1-3(5)4(2)6;1-3-4(2)5;1-3(4)5-2/h1-2H3,(H,5,7);1-2H3;3H2,1-2H3;1-2H3. The van der Waals surface area contributed by atoms with Crippen molar-refractivity contribution in [3.05, 3.63) is 0 Å². The number of hydrogen-bond donors (Lipinski definition) is 1. The normalized spacial score (nSPS) is 7.48. The van der Waals surface area contributed by atoms with Crippen LogP contribution < -0.4 is 5.32 Å². The van der Waals surface area contributed by atoms with Gasteiger partial charge in [-0.25, -0.2) is 0 Å². The van der Waals surface area contributed by atoms with E-state index in [0.717, 1.165) is 0 Å². The third kappa shape index (κ3) is 45.1. The van der Waals surface area contributed by atoms with Gasteiger partial charge in [0.1, 0.15) is 5.78 Å². The van der Waals surface area contributed by atoms with Crippen molar-refractivity contribution in [2.24, 2.45) is 0 Å². The lowest BCUT2D eigenvalue weighted by Gasteiger charge is -1.86. The first kappa shape index (κ1) is 28.7. The van der Waals surface area contributed by atoms with Crippen LogP contribution in [0.3, 0.4) is 0 Å². The maximum absolute atomic E-state index is 10.1. The van der Waals surface area contributed by atoms with Gasteiger partial charge in [-0.2, -0.15) is 0 Å². The van der Waals surface area contributed by atoms with Crippen LogP contribution in [0, 0.1) is 0 Å². The second kappa shape index (κ2) is 19.6. The first-order chi connectivity index (χ1) is 10.4. The molecule has 0 heterocycles. The molecule has 134 valence electrons. The molecule has 0 aromatic rings. The zero-order valence-corrected chi connectivity index (χ0v) is 15.1. The number of nitrogens with one attached hydrogen (secondary N) is 1. The number of carbonyl (C=O) groups is 6. The van der Waals surface area contributed by atoms with Crippen LogP contribution in [0.1, 0.15) is 48.0 Å². The number of carbonyl (C=O) groups excluding carboxylic acids is 6. The Morgan fingerprint density at radius 2 is 1.04 bits per heavy atom. The van der Waals surface area contributed by atoms with Crippen LogP contribution in [0.4, 0.5) is 0 Å². The van der Waals surface area contributed by atoms with Gasteiger partial charge in [0.05, 0.1) is 7.11 Å². The Bertz CT molecular complexity index is 388. The maximum Gasteiger partial charge on any atom is 0.302 e. The van der Waals surface area contributed by atoms with Gasteiger partial charge in [-0.3, -0.25) is 24.0 Å². The third-order valence-corrected chi connectivity index (χ3v) is 1.83. The lowest BCUT2D eigenvalue weighted by Crippen LogP contribution is -2.24. The topological polar surface area (TPSA) is 124 Å². The molecule has 0 radical (unpaired) electrons. The highest BCUT2D eigenvalue weighted by Crippen LogP contribution is 1.71. The number of ether oxygens (including phenoxy) is 1. The predicted octanol–water partition coefficient (Wildman–Crippen LogP) is 0.651. The number of ketones is 4. The van der Waals surface area contributed by atoms with Gasteiger partial charge in [-0.1, -0.05) is 6.92 Å². The summed E-state index contributed by atoms with van der Waals surface area (Å²) in [6.45, 7) is 8.52. The van der Waals surface area contributed by atoms with Crippen molar-refractivity contribution in [2.75, 3.05) is 14.2 Å². The number of amides is 1. The molecule has 0 bridgehead atoms. The summed E-state index contributed by atoms with van der Waals surface area (Å²) in [6, 6.07) is 0. The van der Waals surface area contributed by atoms with E-state index >= 15 is 0 Å². The Hall–Kier alpha value is -2.38. The highest BCUT2D eigenvalue weighted by atomic mass is 16.5. The second-order valence-corrected chi connectivity index (χ2v) is 4.00. The van der Waals surface area contributed by atoms with Crippen molar-refractivity contribution in [1.82, 2.24) is 5.32 Å². The summed E-state index contributed by atoms with van der Waals surface area (Å²) in [6.07, 6.45) is 0.667. The monoisotopic (exact) mass is 333 g/mol. The Labute approximate surface area is 136 Å². The molecule has 1 amide bonds. The molecular formula is C15H27NO7. The fraction of sp³-hybridized carbons (Fsp3) is 0.600. The van der Waals surface area contributed by atoms with Crippen LogP contribution in [0.2, 0.25) is 0 Å². The Balaban J connectivity index is -0.000000106. The Morgan fingerprint density at radius 3 is 1.04 bits per heavy atom. The minimum Gasteiger partial charge on any atom is -0.469 e. The summed E-state index contributed by atoms with van der Waals surface area (Å²) in [5.41, 5.74) is 0. The molecule has 0 unspecified atom stereocenters. The molecule has 0 aliphatic heterocycles. The van der Waals surface area contributed by atoms with E-state index in [9.17, 15) is 28.8 Å². The van der Waals surface area contributed by atoms with E-state index in [1.165, 1.54) is 41.9 Å². The zero-order valence-electron chi connectivity index (χ0n) is 15.1. The fourth-order valence-electron chi connectivity index (χ4n) is 0.176. The molecule has 0 aliphatic rings. The summed E-state index contributed by atoms with van der Waals surface area (Å²) in [5, 5.41) is 2.18. The second-order valence-electron chi connectivity index (χ2n) is 4.00. The first-order valence-corrected chi connectivity index (χ1v) is 6.65. The average molecular weight is 333 g/mol. The van der Waals surface area contributed by atoms with Gasteiger partial charge in [0, 0.05) is 41.2 Å². The van der Waals surface area contributed by atoms with Gasteiger partial charge in [0.15, 0.2) is 11.6 Å². The van der Waals surface area contributed by atoms with Crippen LogP contribution >= 0.6 is 0 Å². The lowest BCUT2D eigenvalue weighted by atomic mass is 10.3. The van der Waals surface area contributed by atoms with E-state index in [1.54, 1.807) is 6.92 Å². The largest absolute Gasteiger partial charge is 0.469 e. The van der Waals surface area contributed by atoms with Gasteiger partial charge < -0.3 is 14.8 Å². The quantitative estimate of drug-likeness (QED) is 0.594. The summed E-state index contributed by atoms with van der Waals surface area (Å²) in [7, 11) is 2.77. The van der Waals surface area contributed by atoms with Crippen molar-refractivity contribution in [3.8, 4) is 0 Å². The molecule has 0 rings (SSSR count). The van der Waals surface area contributed by atoms with Gasteiger partial charge >= 0.3 is 5.97 Å². The van der Waals surface area contributed by atoms with Gasteiger partial charge in [-0.15, -0.1) is 0 Å². The predicted molar refractivity (Wildman–Crippen MR) is 84.8 cm³/mol. The van der Waals surface area contributed by atoms with E-state index in [1.807, 2.05) is 6.92 Å². The van der Waals surface area contributed by atoms with Crippen LogP contribution in [0.15, 0.2) is 0 Å². The lowest BCUT2D eigenvalue weighted by molar-refractivity contribution is -0.138. The van der Waals surface area contributed by atoms with Crippen molar-refractivity contribution in [2.45, 2.75) is 48.0 Å². The number of Topliss-reactive ketones (excluding diaryl/α,β-unsaturated/α-hetero) is 4. The molecule has 0 spiro atoms. The smallest absolute Gasteiger partial charge is 0.302 e. The summed E-state index contributed by atoms with van der Waals surface area (Å²) < 4.78 is 4.11. The van der Waals surface area contributed by atoms with E-state index < -0.39 is 11.7 Å². The first-order valence-electron chi connectivity index (χ1n) is 6.65. The number of rotatable bonds is 3. The molecule has 1 N–H and O–H groups in total. The average Bonchev–Trinajstić information content (AvgIpc) is 2.47. The Kier molecular flexibility index (Phi) is 24.5. The van der Waals surface area contributed by atoms with Crippen LogP contribution in [0.5, 0.6) is 0 Å². The molecular weight excluding hydrogens is 306 g/mol. The highest BCUT2D eigenvalue weighted by Gasteiger charge is 2.00. The molecule has 23 heavy (non-hydrogen) atoms. The van der Waals surface area contributed by atoms with E-state index in [2.05, 4.69) is 10.1 Å². The van der Waals surface area contributed by atoms with E-state index in [-0.39, 0.29) is 23.3 Å². The number of hydrogen-bond acceptors (Lipinski definition) is 7. The third-order valence-electron chi connectivity index (χ3n) is 1.83. The molecule has 0 saturated carbocycles. The highest BCUT2D eigenvalue weighted by molar-refractivity contribution is 6.35. The van der Waals surface area contributed by atoms with Crippen LogP contribution in [-0.2, 0) is 33.5 Å². The van der Waals surface area contributed by atoms with Crippen molar-refractivity contribution in [1.29, 1.82) is 0 Å². The fourth-order valence-corrected chi connectivity index (χ4v) is 0.176. The van der Waals surface area contributed by atoms with Crippen LogP contribution in [-0.4, -0.2) is 49.2 Å². The van der Waals surface area contributed by atoms with E-state index in [4.69, 9.17) is 0 Å². The minimum absolute atomic E-state index is 0.245. The molecule has 0 fully saturated rings. The molecule has 0 aromatic heterocycles. The van der Waals surface area contributed by atoms with Crippen LogP contribution in [0.25, 0.3) is 0 Å². The molecule has 8 nitrogen and oxygen atoms in total. The number of esters is 1. The van der Waals surface area contributed by atoms with Gasteiger partial charge in [0.2, 0.25) is 5.78 Å². The Morgan fingerprint density at radius 1 is 0.783 bits per heavy atom. The van der Waals surface area contributed by atoms with E-state index in [0.29, 0.717) is 6.42 Å².